The molecule has 0 radical (unpaired) electrons. The maximum Gasteiger partial charge on any atom is 0.243 e. The SMILES string of the molecule is O=S(=O)(c1ccccc1)N1CCCCC1c1nc(C2CC2)n[nH]1. The number of rotatable bonds is 4. The quantitative estimate of drug-likeness (QED) is 0.933. The van der Waals surface area contributed by atoms with Crippen LogP contribution in [0.2, 0.25) is 0 Å². The zero-order chi connectivity index (χ0) is 15.9. The first kappa shape index (κ1) is 14.8. The van der Waals surface area contributed by atoms with Gasteiger partial charge in [-0.05, 0) is 37.8 Å². The summed E-state index contributed by atoms with van der Waals surface area (Å²) in [5, 5.41) is 7.27. The number of sulfonamides is 1. The molecule has 1 unspecified atom stereocenters. The Morgan fingerprint density at radius 2 is 1.87 bits per heavy atom. The largest absolute Gasteiger partial charge is 0.262 e. The van der Waals surface area contributed by atoms with Crippen molar-refractivity contribution in [3.05, 3.63) is 42.0 Å². The average Bonchev–Trinajstić information content (AvgIpc) is 3.33. The Morgan fingerprint density at radius 1 is 1.09 bits per heavy atom. The Hall–Kier alpha value is -1.73. The molecule has 2 fully saturated rings. The first-order valence-electron chi connectivity index (χ1n) is 8.15. The fraction of sp³-hybridized carbons (Fsp3) is 0.500. The fourth-order valence-electron chi connectivity index (χ4n) is 3.15. The number of aromatic nitrogens is 3. The van der Waals surface area contributed by atoms with Gasteiger partial charge < -0.3 is 0 Å². The van der Waals surface area contributed by atoms with Crippen molar-refractivity contribution in [2.24, 2.45) is 0 Å². The molecule has 2 aliphatic rings. The van der Waals surface area contributed by atoms with Crippen molar-refractivity contribution in [2.45, 2.75) is 49.0 Å². The van der Waals surface area contributed by atoms with E-state index >= 15 is 0 Å². The highest BCUT2D eigenvalue weighted by molar-refractivity contribution is 7.89. The lowest BCUT2D eigenvalue weighted by Gasteiger charge is -2.33. The standard InChI is InChI=1S/C16H20N4O2S/c21-23(22,13-6-2-1-3-7-13)20-11-5-4-8-14(20)16-17-15(18-19-16)12-9-10-12/h1-3,6-7,12,14H,4-5,8-11H2,(H,17,18,19). The molecule has 1 saturated heterocycles. The lowest BCUT2D eigenvalue weighted by Crippen LogP contribution is -2.39. The van der Waals surface area contributed by atoms with Crippen LogP contribution in [0.4, 0.5) is 0 Å². The molecule has 1 aliphatic heterocycles. The third-order valence-corrected chi connectivity index (χ3v) is 6.50. The van der Waals surface area contributed by atoms with E-state index in [4.69, 9.17) is 0 Å². The number of nitrogens with one attached hydrogen (secondary N) is 1. The lowest BCUT2D eigenvalue weighted by atomic mass is 10.0. The summed E-state index contributed by atoms with van der Waals surface area (Å²) in [6.45, 7) is 0.529. The Bertz CT molecular complexity index is 783. The van der Waals surface area contributed by atoms with Crippen LogP contribution in [0.25, 0.3) is 0 Å². The Balaban J connectivity index is 1.67. The van der Waals surface area contributed by atoms with E-state index in [0.29, 0.717) is 23.2 Å². The zero-order valence-corrected chi connectivity index (χ0v) is 13.7. The predicted molar refractivity (Wildman–Crippen MR) is 85.3 cm³/mol. The Labute approximate surface area is 136 Å². The third kappa shape index (κ3) is 2.79. The van der Waals surface area contributed by atoms with Crippen LogP contribution >= 0.6 is 0 Å². The van der Waals surface area contributed by atoms with Crippen LogP contribution in [0.15, 0.2) is 35.2 Å². The van der Waals surface area contributed by atoms with Gasteiger partial charge in [-0.15, -0.1) is 0 Å². The number of benzene rings is 1. The van der Waals surface area contributed by atoms with E-state index < -0.39 is 10.0 Å². The van der Waals surface area contributed by atoms with Crippen molar-refractivity contribution in [2.75, 3.05) is 6.54 Å². The second-order valence-electron chi connectivity index (χ2n) is 6.29. The first-order valence-corrected chi connectivity index (χ1v) is 9.59. The van der Waals surface area contributed by atoms with Gasteiger partial charge in [-0.2, -0.15) is 9.40 Å². The molecule has 1 N–H and O–H groups in total. The number of hydrogen-bond acceptors (Lipinski definition) is 4. The van der Waals surface area contributed by atoms with Crippen molar-refractivity contribution in [3.8, 4) is 0 Å². The van der Waals surface area contributed by atoms with Gasteiger partial charge in [-0.3, -0.25) is 5.10 Å². The van der Waals surface area contributed by atoms with Gasteiger partial charge >= 0.3 is 0 Å². The second kappa shape index (κ2) is 5.72. The average molecular weight is 332 g/mol. The third-order valence-electron chi connectivity index (χ3n) is 4.58. The monoisotopic (exact) mass is 332 g/mol. The molecule has 4 rings (SSSR count). The molecule has 1 aromatic heterocycles. The van der Waals surface area contributed by atoms with Gasteiger partial charge in [-0.1, -0.05) is 24.6 Å². The molecule has 2 aromatic rings. The highest BCUT2D eigenvalue weighted by Gasteiger charge is 2.37. The van der Waals surface area contributed by atoms with Gasteiger partial charge in [-0.25, -0.2) is 13.4 Å². The molecule has 1 saturated carbocycles. The summed E-state index contributed by atoms with van der Waals surface area (Å²) in [6.07, 6.45) is 4.93. The number of aromatic amines is 1. The molecule has 6 nitrogen and oxygen atoms in total. The van der Waals surface area contributed by atoms with Crippen molar-refractivity contribution < 1.29 is 8.42 Å². The number of hydrogen-bond donors (Lipinski definition) is 1. The predicted octanol–water partition coefficient (Wildman–Crippen LogP) is 2.60. The van der Waals surface area contributed by atoms with E-state index in [2.05, 4.69) is 15.2 Å². The van der Waals surface area contributed by atoms with Gasteiger partial charge in [0.15, 0.2) is 5.82 Å². The van der Waals surface area contributed by atoms with E-state index in [0.717, 1.165) is 37.9 Å². The van der Waals surface area contributed by atoms with Crippen LogP contribution in [0, 0.1) is 0 Å². The fourth-order valence-corrected chi connectivity index (χ4v) is 4.84. The second-order valence-corrected chi connectivity index (χ2v) is 8.18. The lowest BCUT2D eigenvalue weighted by molar-refractivity contribution is 0.247. The van der Waals surface area contributed by atoms with Crippen LogP contribution < -0.4 is 0 Å². The minimum Gasteiger partial charge on any atom is -0.262 e. The summed E-state index contributed by atoms with van der Waals surface area (Å²) in [4.78, 5) is 4.92. The van der Waals surface area contributed by atoms with Crippen molar-refractivity contribution in [1.29, 1.82) is 0 Å². The Morgan fingerprint density at radius 3 is 2.61 bits per heavy atom. The molecule has 1 aromatic carbocycles. The van der Waals surface area contributed by atoms with Crippen molar-refractivity contribution in [3.63, 3.8) is 0 Å². The van der Waals surface area contributed by atoms with Crippen LogP contribution in [0.5, 0.6) is 0 Å². The smallest absolute Gasteiger partial charge is 0.243 e. The summed E-state index contributed by atoms with van der Waals surface area (Å²) in [5.41, 5.74) is 0. The molecule has 0 bridgehead atoms. The Kier molecular flexibility index (Phi) is 3.69. The molecule has 2 heterocycles. The van der Waals surface area contributed by atoms with Gasteiger partial charge in [0.1, 0.15) is 5.82 Å². The van der Waals surface area contributed by atoms with Crippen molar-refractivity contribution in [1.82, 2.24) is 19.5 Å². The normalized spacial score (nSPS) is 23.0. The molecule has 7 heteroatoms. The highest BCUT2D eigenvalue weighted by atomic mass is 32.2. The van der Waals surface area contributed by atoms with E-state index in [9.17, 15) is 8.42 Å². The zero-order valence-electron chi connectivity index (χ0n) is 12.9. The maximum absolute atomic E-state index is 13.0. The molecular formula is C16H20N4O2S. The topological polar surface area (TPSA) is 79.0 Å². The summed E-state index contributed by atoms with van der Waals surface area (Å²) < 4.78 is 27.6. The van der Waals surface area contributed by atoms with Gasteiger partial charge in [0.2, 0.25) is 10.0 Å². The number of nitrogens with zero attached hydrogens (tertiary/aromatic N) is 3. The summed E-state index contributed by atoms with van der Waals surface area (Å²) in [7, 11) is -3.51. The summed E-state index contributed by atoms with van der Waals surface area (Å²) >= 11 is 0. The van der Waals surface area contributed by atoms with Crippen LogP contribution in [-0.2, 0) is 10.0 Å². The maximum atomic E-state index is 13.0. The summed E-state index contributed by atoms with van der Waals surface area (Å²) in [6, 6.07) is 8.39. The first-order chi connectivity index (χ1) is 11.2. The van der Waals surface area contributed by atoms with E-state index in [-0.39, 0.29) is 6.04 Å². The van der Waals surface area contributed by atoms with Crippen LogP contribution in [0.1, 0.15) is 55.7 Å². The van der Waals surface area contributed by atoms with E-state index in [1.807, 2.05) is 6.07 Å². The highest BCUT2D eigenvalue weighted by Crippen LogP contribution is 2.39. The molecule has 122 valence electrons. The minimum absolute atomic E-state index is 0.242. The molecule has 0 spiro atoms. The van der Waals surface area contributed by atoms with Crippen LogP contribution in [-0.4, -0.2) is 34.4 Å². The molecule has 23 heavy (non-hydrogen) atoms. The van der Waals surface area contributed by atoms with Gasteiger partial charge in [0.05, 0.1) is 10.9 Å². The number of piperidine rings is 1. The van der Waals surface area contributed by atoms with E-state index in [1.54, 1.807) is 28.6 Å². The van der Waals surface area contributed by atoms with Gasteiger partial charge in [0.25, 0.3) is 0 Å². The van der Waals surface area contributed by atoms with E-state index in [1.165, 1.54) is 0 Å². The van der Waals surface area contributed by atoms with Crippen molar-refractivity contribution >= 4 is 10.0 Å². The van der Waals surface area contributed by atoms with Gasteiger partial charge in [0, 0.05) is 12.5 Å². The number of H-pyrrole nitrogens is 1. The summed E-state index contributed by atoms with van der Waals surface area (Å²) in [5.74, 6) is 1.98. The molecular weight excluding hydrogens is 312 g/mol. The molecule has 0 amide bonds. The minimum atomic E-state index is -3.51. The van der Waals surface area contributed by atoms with Crippen LogP contribution in [0.3, 0.4) is 0 Å². The molecule has 1 aliphatic carbocycles. The molecule has 1 atom stereocenters.